The highest BCUT2D eigenvalue weighted by Gasteiger charge is 2.67. The van der Waals surface area contributed by atoms with E-state index in [4.69, 9.17) is 23.7 Å². The van der Waals surface area contributed by atoms with Gasteiger partial charge in [-0.25, -0.2) is 0 Å². The summed E-state index contributed by atoms with van der Waals surface area (Å²) in [7, 11) is 1.31. The predicted octanol–water partition coefficient (Wildman–Crippen LogP) is 3.12. The normalized spacial score (nSPS) is 34.8. The van der Waals surface area contributed by atoms with Crippen molar-refractivity contribution in [2.75, 3.05) is 13.7 Å². The van der Waals surface area contributed by atoms with Crippen molar-refractivity contribution in [3.63, 3.8) is 0 Å². The molecule has 9 nitrogen and oxygen atoms in total. The van der Waals surface area contributed by atoms with Gasteiger partial charge in [-0.15, -0.1) is 0 Å². The van der Waals surface area contributed by atoms with E-state index >= 15 is 0 Å². The first kappa shape index (κ1) is 26.9. The lowest BCUT2D eigenvalue weighted by molar-refractivity contribution is -0.210. The van der Waals surface area contributed by atoms with Crippen molar-refractivity contribution in [2.45, 2.75) is 71.5 Å². The van der Waals surface area contributed by atoms with Gasteiger partial charge in [0.05, 0.1) is 25.2 Å². The van der Waals surface area contributed by atoms with E-state index in [9.17, 15) is 19.2 Å². The Kier molecular flexibility index (Phi) is 7.52. The summed E-state index contributed by atoms with van der Waals surface area (Å²) in [6.45, 7) is 5.08. The van der Waals surface area contributed by atoms with Crippen LogP contribution in [0.15, 0.2) is 16.7 Å². The van der Waals surface area contributed by atoms with Gasteiger partial charge in [-0.2, -0.15) is 0 Å². The zero-order valence-electron chi connectivity index (χ0n) is 21.7. The molecule has 7 atom stereocenters. The molecule has 0 unspecified atom stereocenters. The monoisotopic (exact) mass is 514 g/mol. The lowest BCUT2D eigenvalue weighted by atomic mass is 9.43. The summed E-state index contributed by atoms with van der Waals surface area (Å²) in [6, 6.07) is 1.71. The van der Waals surface area contributed by atoms with Gasteiger partial charge < -0.3 is 23.7 Å². The summed E-state index contributed by atoms with van der Waals surface area (Å²) in [5.41, 5.74) is -1.04. The standard InChI is InChI=1S/C28H34O9/c1-16(30)36-21-14-19(25(32)34-4)27(2)11-9-18-26(33)37-22(15-28(18,3)24(27)23(21)31)17-10-13-35-20(17)8-6-5-7-12-29/h10,13,18-19,21-22,24,29H,5,7,9,11-12,14-15H2,1-4H3/t18-,19-,21-,22-,24-,27-,28-/m0/s1. The maximum absolute atomic E-state index is 13.9. The molecule has 2 heterocycles. The summed E-state index contributed by atoms with van der Waals surface area (Å²) < 4.78 is 21.9. The van der Waals surface area contributed by atoms with Gasteiger partial charge in [-0.1, -0.05) is 19.8 Å². The first-order valence-corrected chi connectivity index (χ1v) is 12.7. The number of unbranched alkanes of at least 4 members (excludes halogenated alkanes) is 1. The molecule has 37 heavy (non-hydrogen) atoms. The second-order valence-electron chi connectivity index (χ2n) is 10.8. The van der Waals surface area contributed by atoms with Gasteiger partial charge in [0.25, 0.3) is 0 Å². The fraction of sp³-hybridized carbons (Fsp3) is 0.643. The highest BCUT2D eigenvalue weighted by atomic mass is 16.6. The molecule has 1 saturated heterocycles. The zero-order chi connectivity index (χ0) is 27.0. The average Bonchev–Trinajstić information content (AvgIpc) is 3.30. The van der Waals surface area contributed by atoms with Gasteiger partial charge in [-0.3, -0.25) is 19.2 Å². The largest absolute Gasteiger partial charge is 0.469 e. The minimum Gasteiger partial charge on any atom is -0.469 e. The van der Waals surface area contributed by atoms with Crippen molar-refractivity contribution in [1.82, 2.24) is 0 Å². The van der Waals surface area contributed by atoms with Crippen LogP contribution in [0.4, 0.5) is 0 Å². The average molecular weight is 515 g/mol. The highest BCUT2D eigenvalue weighted by molar-refractivity contribution is 5.93. The Morgan fingerprint density at radius 2 is 2.00 bits per heavy atom. The summed E-state index contributed by atoms with van der Waals surface area (Å²) in [6.07, 6.45) is 2.02. The highest BCUT2D eigenvalue weighted by Crippen LogP contribution is 2.65. The summed E-state index contributed by atoms with van der Waals surface area (Å²) in [5, 5.41) is 8.99. The third-order valence-electron chi connectivity index (χ3n) is 8.60. The Morgan fingerprint density at radius 3 is 2.68 bits per heavy atom. The molecule has 0 bridgehead atoms. The maximum atomic E-state index is 13.9. The van der Waals surface area contributed by atoms with E-state index in [1.165, 1.54) is 20.3 Å². The number of aliphatic hydroxyl groups is 1. The van der Waals surface area contributed by atoms with E-state index in [1.807, 2.05) is 13.8 Å². The van der Waals surface area contributed by atoms with Crippen LogP contribution >= 0.6 is 0 Å². The van der Waals surface area contributed by atoms with Crippen LogP contribution < -0.4 is 0 Å². The van der Waals surface area contributed by atoms with Gasteiger partial charge in [0.2, 0.25) is 0 Å². The van der Waals surface area contributed by atoms with Crippen LogP contribution in [0.2, 0.25) is 0 Å². The lowest BCUT2D eigenvalue weighted by Gasteiger charge is -2.61. The number of furan rings is 1. The van der Waals surface area contributed by atoms with Crippen molar-refractivity contribution in [3.8, 4) is 11.8 Å². The van der Waals surface area contributed by atoms with Gasteiger partial charge >= 0.3 is 17.9 Å². The van der Waals surface area contributed by atoms with E-state index in [2.05, 4.69) is 11.8 Å². The van der Waals surface area contributed by atoms with Crippen LogP contribution in [0.25, 0.3) is 0 Å². The Morgan fingerprint density at radius 1 is 1.24 bits per heavy atom. The molecule has 2 saturated carbocycles. The van der Waals surface area contributed by atoms with Crippen LogP contribution in [0, 0.1) is 40.4 Å². The molecule has 1 aromatic heterocycles. The number of cyclic esters (lactones) is 1. The minimum atomic E-state index is -1.09. The fourth-order valence-electron chi connectivity index (χ4n) is 6.98. The van der Waals surface area contributed by atoms with E-state index in [-0.39, 0.29) is 18.8 Å². The van der Waals surface area contributed by atoms with Crippen molar-refractivity contribution in [2.24, 2.45) is 28.6 Å². The minimum absolute atomic E-state index is 0.0365. The number of rotatable bonds is 5. The van der Waals surface area contributed by atoms with Crippen molar-refractivity contribution in [1.29, 1.82) is 0 Å². The quantitative estimate of drug-likeness (QED) is 0.273. The maximum Gasteiger partial charge on any atom is 0.310 e. The molecular formula is C28H34O9. The Labute approximate surface area is 216 Å². The second kappa shape index (κ2) is 10.3. The third-order valence-corrected chi connectivity index (χ3v) is 8.60. The van der Waals surface area contributed by atoms with E-state index in [0.717, 1.165) is 0 Å². The summed E-state index contributed by atoms with van der Waals surface area (Å²) in [4.78, 5) is 52.1. The van der Waals surface area contributed by atoms with Gasteiger partial charge in [0.15, 0.2) is 17.6 Å². The Hall–Kier alpha value is -3.12. The molecule has 3 aliphatic rings. The van der Waals surface area contributed by atoms with Crippen LogP contribution in [0.3, 0.4) is 0 Å². The number of ketones is 1. The van der Waals surface area contributed by atoms with Crippen LogP contribution in [0.1, 0.15) is 76.7 Å². The number of carbonyl (C=O) groups excluding carboxylic acids is 4. The van der Waals surface area contributed by atoms with Crippen molar-refractivity contribution in [3.05, 3.63) is 23.7 Å². The van der Waals surface area contributed by atoms with E-state index in [0.29, 0.717) is 43.4 Å². The number of fused-ring (bicyclic) bond motifs is 3. The molecule has 1 aromatic rings. The fourth-order valence-corrected chi connectivity index (χ4v) is 6.98. The van der Waals surface area contributed by atoms with Crippen LogP contribution in [0.5, 0.6) is 0 Å². The van der Waals surface area contributed by atoms with Gasteiger partial charge in [-0.05, 0) is 48.5 Å². The van der Waals surface area contributed by atoms with E-state index < -0.39 is 58.7 Å². The predicted molar refractivity (Wildman–Crippen MR) is 128 cm³/mol. The third kappa shape index (κ3) is 4.68. The van der Waals surface area contributed by atoms with E-state index in [1.54, 1.807) is 6.07 Å². The molecule has 3 fully saturated rings. The number of esters is 3. The number of hydrogen-bond donors (Lipinski definition) is 1. The topological polar surface area (TPSA) is 129 Å². The molecule has 0 aromatic carbocycles. The zero-order valence-corrected chi connectivity index (χ0v) is 21.7. The molecule has 0 radical (unpaired) electrons. The molecule has 1 N–H and O–H groups in total. The Bertz CT molecular complexity index is 1140. The SMILES string of the molecule is COC(=O)[C@@H]1C[C@H](OC(C)=O)C(=O)[C@H]2[C@@]1(C)CC[C@H]1C(=O)O[C@H](c3ccoc3C#CCCCO)C[C@]21C. The molecular weight excluding hydrogens is 480 g/mol. The number of aliphatic hydroxyl groups excluding tert-OH is 1. The van der Waals surface area contributed by atoms with Crippen LogP contribution in [-0.4, -0.2) is 48.6 Å². The van der Waals surface area contributed by atoms with Crippen LogP contribution in [-0.2, 0) is 33.4 Å². The van der Waals surface area contributed by atoms with Crippen molar-refractivity contribution >= 4 is 23.7 Å². The molecule has 0 amide bonds. The molecule has 200 valence electrons. The summed E-state index contributed by atoms with van der Waals surface area (Å²) >= 11 is 0. The molecule has 2 aliphatic carbocycles. The Balaban J connectivity index is 1.74. The molecule has 4 rings (SSSR count). The number of carbonyl (C=O) groups is 4. The lowest BCUT2D eigenvalue weighted by Crippen LogP contribution is -2.64. The number of Topliss-reactive ketones (excluding diaryl/α,β-unsaturated/α-hetero) is 1. The molecule has 0 spiro atoms. The molecule has 9 heteroatoms. The second-order valence-corrected chi connectivity index (χ2v) is 10.8. The van der Waals surface area contributed by atoms with Crippen molar-refractivity contribution < 1.29 is 42.9 Å². The smallest absolute Gasteiger partial charge is 0.310 e. The number of ether oxygens (including phenoxy) is 3. The first-order valence-electron chi connectivity index (χ1n) is 12.7. The first-order chi connectivity index (χ1) is 17.6. The summed E-state index contributed by atoms with van der Waals surface area (Å²) in [5.74, 6) is 2.59. The van der Waals surface area contributed by atoms with Gasteiger partial charge in [0, 0.05) is 37.9 Å². The van der Waals surface area contributed by atoms with Gasteiger partial charge in [0.1, 0.15) is 6.10 Å². The molecule has 1 aliphatic heterocycles. The number of methoxy groups -OCH3 is 1. The number of hydrogen-bond acceptors (Lipinski definition) is 9.